The maximum atomic E-state index is 5.39. The molecule has 0 amide bonds. The normalized spacial score (nSPS) is 10.8. The minimum atomic E-state index is 0.719. The van der Waals surface area contributed by atoms with E-state index in [1.165, 1.54) is 51.4 Å². The van der Waals surface area contributed by atoms with Crippen LogP contribution < -0.4 is 0 Å². The highest BCUT2D eigenvalue weighted by Gasteiger charge is 1.92. The van der Waals surface area contributed by atoms with Crippen LogP contribution in [-0.2, 0) is 9.47 Å². The van der Waals surface area contributed by atoms with Crippen molar-refractivity contribution in [2.45, 2.75) is 58.3 Å². The van der Waals surface area contributed by atoms with Crippen LogP contribution in [-0.4, -0.2) is 26.9 Å². The van der Waals surface area contributed by atoms with Gasteiger partial charge >= 0.3 is 0 Å². The second kappa shape index (κ2) is 13.9. The van der Waals surface area contributed by atoms with E-state index >= 15 is 0 Å². The highest BCUT2D eigenvalue weighted by atomic mass is 16.5. The molecule has 2 heteroatoms. The summed E-state index contributed by atoms with van der Waals surface area (Å²) in [7, 11) is 1.71. The molecule has 0 atom stereocenters. The molecule has 0 rings (SSSR count). The number of ether oxygens (including phenoxy) is 2. The molecular formula is C13H28O2. The highest BCUT2D eigenvalue weighted by molar-refractivity contribution is 4.45. The van der Waals surface area contributed by atoms with E-state index in [0.717, 1.165) is 19.8 Å². The van der Waals surface area contributed by atoms with Crippen LogP contribution in [0.3, 0.4) is 0 Å². The quantitative estimate of drug-likeness (QED) is 0.462. The van der Waals surface area contributed by atoms with Gasteiger partial charge in [-0.15, -0.1) is 0 Å². The third-order valence-corrected chi connectivity index (χ3v) is 2.57. The molecule has 0 aromatic rings. The summed E-state index contributed by atoms with van der Waals surface area (Å²) < 4.78 is 10.3. The Hall–Kier alpha value is -0.0800. The molecule has 0 saturated heterocycles. The van der Waals surface area contributed by atoms with Crippen molar-refractivity contribution in [1.29, 1.82) is 0 Å². The summed E-state index contributed by atoms with van der Waals surface area (Å²) in [5.74, 6) is 0. The molecule has 0 radical (unpaired) electrons. The van der Waals surface area contributed by atoms with Gasteiger partial charge in [0.2, 0.25) is 0 Å². The van der Waals surface area contributed by atoms with E-state index in [-0.39, 0.29) is 0 Å². The van der Waals surface area contributed by atoms with Crippen molar-refractivity contribution >= 4 is 0 Å². The van der Waals surface area contributed by atoms with Crippen molar-refractivity contribution in [2.24, 2.45) is 0 Å². The van der Waals surface area contributed by atoms with Gasteiger partial charge in [0.1, 0.15) is 0 Å². The summed E-state index contributed by atoms with van der Waals surface area (Å²) in [5, 5.41) is 0. The zero-order chi connectivity index (χ0) is 11.2. The molecule has 0 N–H and O–H groups in total. The number of methoxy groups -OCH3 is 1. The third kappa shape index (κ3) is 13.9. The summed E-state index contributed by atoms with van der Waals surface area (Å²) in [5.41, 5.74) is 0. The summed E-state index contributed by atoms with van der Waals surface area (Å²) in [4.78, 5) is 0. The Morgan fingerprint density at radius 3 is 1.87 bits per heavy atom. The van der Waals surface area contributed by atoms with Gasteiger partial charge < -0.3 is 9.47 Å². The van der Waals surface area contributed by atoms with Gasteiger partial charge in [0.15, 0.2) is 0 Å². The van der Waals surface area contributed by atoms with Gasteiger partial charge in [-0.3, -0.25) is 0 Å². The lowest BCUT2D eigenvalue weighted by Crippen LogP contribution is -2.02. The van der Waals surface area contributed by atoms with Crippen LogP contribution in [0.1, 0.15) is 58.3 Å². The van der Waals surface area contributed by atoms with Crippen molar-refractivity contribution in [2.75, 3.05) is 26.9 Å². The average Bonchev–Trinajstić information content (AvgIpc) is 2.26. The maximum absolute atomic E-state index is 5.39. The Labute approximate surface area is 95.3 Å². The van der Waals surface area contributed by atoms with Gasteiger partial charge in [-0.2, -0.15) is 0 Å². The van der Waals surface area contributed by atoms with Crippen LogP contribution in [0.5, 0.6) is 0 Å². The van der Waals surface area contributed by atoms with Gasteiger partial charge in [0.05, 0.1) is 13.2 Å². The van der Waals surface area contributed by atoms with E-state index in [1.807, 2.05) is 0 Å². The van der Waals surface area contributed by atoms with Crippen molar-refractivity contribution in [3.8, 4) is 0 Å². The summed E-state index contributed by atoms with van der Waals surface area (Å²) in [6.45, 7) is 4.62. The van der Waals surface area contributed by atoms with Gasteiger partial charge in [0.25, 0.3) is 0 Å². The zero-order valence-corrected chi connectivity index (χ0v) is 10.6. The Morgan fingerprint density at radius 2 is 1.27 bits per heavy atom. The van der Waals surface area contributed by atoms with Crippen LogP contribution in [0, 0.1) is 0 Å². The Kier molecular flexibility index (Phi) is 13.8. The van der Waals surface area contributed by atoms with Crippen molar-refractivity contribution in [1.82, 2.24) is 0 Å². The SMILES string of the molecule is CCCCCCCCCCOCCOC. The molecule has 0 aliphatic carbocycles. The first kappa shape index (κ1) is 14.9. The van der Waals surface area contributed by atoms with Gasteiger partial charge in [-0.1, -0.05) is 51.9 Å². The Balaban J connectivity index is 2.81. The minimum Gasteiger partial charge on any atom is -0.382 e. The molecule has 15 heavy (non-hydrogen) atoms. The van der Waals surface area contributed by atoms with Crippen LogP contribution in [0.4, 0.5) is 0 Å². The minimum absolute atomic E-state index is 0.719. The largest absolute Gasteiger partial charge is 0.382 e. The predicted molar refractivity (Wildman–Crippen MR) is 65.3 cm³/mol. The molecule has 0 heterocycles. The van der Waals surface area contributed by atoms with Gasteiger partial charge in [-0.05, 0) is 6.42 Å². The molecule has 2 nitrogen and oxygen atoms in total. The summed E-state index contributed by atoms with van der Waals surface area (Å²) in [6.07, 6.45) is 10.9. The fourth-order valence-electron chi connectivity index (χ4n) is 1.58. The molecule has 0 aliphatic rings. The van der Waals surface area contributed by atoms with E-state index < -0.39 is 0 Å². The van der Waals surface area contributed by atoms with E-state index in [2.05, 4.69) is 6.92 Å². The van der Waals surface area contributed by atoms with Gasteiger partial charge in [0, 0.05) is 13.7 Å². The Bertz CT molecular complexity index is 92.7. The lowest BCUT2D eigenvalue weighted by molar-refractivity contribution is 0.0685. The first-order valence-electron chi connectivity index (χ1n) is 6.48. The molecule has 0 bridgehead atoms. The number of hydrogen-bond donors (Lipinski definition) is 0. The predicted octanol–water partition coefficient (Wildman–Crippen LogP) is 3.79. The first-order valence-corrected chi connectivity index (χ1v) is 6.48. The molecule has 0 fully saturated rings. The number of unbranched alkanes of at least 4 members (excludes halogenated alkanes) is 7. The van der Waals surface area contributed by atoms with Crippen LogP contribution in [0.25, 0.3) is 0 Å². The average molecular weight is 216 g/mol. The van der Waals surface area contributed by atoms with Crippen LogP contribution in [0.15, 0.2) is 0 Å². The highest BCUT2D eigenvalue weighted by Crippen LogP contribution is 2.08. The van der Waals surface area contributed by atoms with E-state index in [0.29, 0.717) is 0 Å². The fraction of sp³-hybridized carbons (Fsp3) is 1.00. The number of hydrogen-bond acceptors (Lipinski definition) is 2. The van der Waals surface area contributed by atoms with Crippen molar-refractivity contribution < 1.29 is 9.47 Å². The van der Waals surface area contributed by atoms with Crippen LogP contribution in [0.2, 0.25) is 0 Å². The molecule has 0 saturated carbocycles. The maximum Gasteiger partial charge on any atom is 0.0700 e. The Morgan fingerprint density at radius 1 is 0.667 bits per heavy atom. The van der Waals surface area contributed by atoms with E-state index in [9.17, 15) is 0 Å². The lowest BCUT2D eigenvalue weighted by Gasteiger charge is -2.03. The molecule has 92 valence electrons. The molecule has 0 unspecified atom stereocenters. The fourth-order valence-corrected chi connectivity index (χ4v) is 1.58. The summed E-state index contributed by atoms with van der Waals surface area (Å²) >= 11 is 0. The van der Waals surface area contributed by atoms with Crippen LogP contribution >= 0.6 is 0 Å². The second-order valence-electron chi connectivity index (χ2n) is 4.08. The topological polar surface area (TPSA) is 18.5 Å². The third-order valence-electron chi connectivity index (χ3n) is 2.57. The summed E-state index contributed by atoms with van der Waals surface area (Å²) in [6, 6.07) is 0. The molecule has 0 aliphatic heterocycles. The lowest BCUT2D eigenvalue weighted by atomic mass is 10.1. The molecular weight excluding hydrogens is 188 g/mol. The standard InChI is InChI=1S/C13H28O2/c1-3-4-5-6-7-8-9-10-11-15-13-12-14-2/h3-13H2,1-2H3. The van der Waals surface area contributed by atoms with E-state index in [1.54, 1.807) is 7.11 Å². The van der Waals surface area contributed by atoms with E-state index in [4.69, 9.17) is 9.47 Å². The molecule has 0 spiro atoms. The second-order valence-corrected chi connectivity index (χ2v) is 4.08. The molecule has 0 aromatic heterocycles. The van der Waals surface area contributed by atoms with Crippen molar-refractivity contribution in [3.05, 3.63) is 0 Å². The monoisotopic (exact) mass is 216 g/mol. The first-order chi connectivity index (χ1) is 7.41. The molecule has 0 aromatic carbocycles. The van der Waals surface area contributed by atoms with Crippen molar-refractivity contribution in [3.63, 3.8) is 0 Å². The van der Waals surface area contributed by atoms with Gasteiger partial charge in [-0.25, -0.2) is 0 Å². The zero-order valence-electron chi connectivity index (χ0n) is 10.6. The smallest absolute Gasteiger partial charge is 0.0700 e. The number of rotatable bonds is 12.